The van der Waals surface area contributed by atoms with E-state index in [9.17, 15) is 14.4 Å². The topological polar surface area (TPSA) is 93.1 Å². The zero-order valence-corrected chi connectivity index (χ0v) is 16.0. The summed E-state index contributed by atoms with van der Waals surface area (Å²) in [5.74, 6) is -0.136. The monoisotopic (exact) mass is 370 g/mol. The summed E-state index contributed by atoms with van der Waals surface area (Å²) in [7, 11) is 0. The maximum Gasteiger partial charge on any atom is 0.348 e. The fourth-order valence-corrected chi connectivity index (χ4v) is 2.76. The molecule has 2 rings (SSSR count). The number of anilines is 1. The molecule has 0 aliphatic heterocycles. The highest BCUT2D eigenvalue weighted by Gasteiger charge is 2.06. The predicted molar refractivity (Wildman–Crippen MR) is 105 cm³/mol. The number of aryl methyl sites for hydroxylation is 2. The van der Waals surface area contributed by atoms with E-state index >= 15 is 0 Å². The normalized spacial score (nSPS) is 10.5. The summed E-state index contributed by atoms with van der Waals surface area (Å²) in [6.45, 7) is 6.32. The lowest BCUT2D eigenvalue weighted by Gasteiger charge is -2.11. The summed E-state index contributed by atoms with van der Waals surface area (Å²) in [6, 6.07) is 9.05. The first-order valence-corrected chi connectivity index (χ1v) is 9.09. The summed E-state index contributed by atoms with van der Waals surface area (Å²) < 4.78 is 1.54. The van der Waals surface area contributed by atoms with Crippen LogP contribution in [0.1, 0.15) is 36.7 Å². The molecule has 2 N–H and O–H groups in total. The van der Waals surface area contributed by atoms with Crippen molar-refractivity contribution in [2.75, 3.05) is 11.9 Å². The van der Waals surface area contributed by atoms with E-state index in [2.05, 4.69) is 15.6 Å². The Morgan fingerprint density at radius 1 is 1.11 bits per heavy atom. The fourth-order valence-electron chi connectivity index (χ4n) is 2.76. The fraction of sp³-hybridized carbons (Fsp3) is 0.400. The van der Waals surface area contributed by atoms with Gasteiger partial charge in [-0.25, -0.2) is 4.79 Å². The molecule has 2 amide bonds. The van der Waals surface area contributed by atoms with Gasteiger partial charge in [0.15, 0.2) is 0 Å². The zero-order valence-electron chi connectivity index (χ0n) is 16.0. The summed E-state index contributed by atoms with van der Waals surface area (Å²) in [5, 5.41) is 5.63. The highest BCUT2D eigenvalue weighted by atomic mass is 16.2. The Morgan fingerprint density at radius 3 is 2.44 bits per heavy atom. The lowest BCUT2D eigenvalue weighted by molar-refractivity contribution is -0.120. The Hall–Kier alpha value is -2.96. The van der Waals surface area contributed by atoms with Crippen LogP contribution in [0, 0.1) is 13.8 Å². The third kappa shape index (κ3) is 6.36. The second kappa shape index (κ2) is 9.66. The van der Waals surface area contributed by atoms with Crippen molar-refractivity contribution < 1.29 is 9.59 Å². The average Bonchev–Trinajstić information content (AvgIpc) is 2.59. The van der Waals surface area contributed by atoms with Gasteiger partial charge in [0, 0.05) is 36.6 Å². The summed E-state index contributed by atoms with van der Waals surface area (Å²) in [4.78, 5) is 39.5. The first-order valence-electron chi connectivity index (χ1n) is 9.09. The standard InChI is InChI=1S/C20H26N4O3/c1-4-5-18(25)23-17-8-6-16(7-9-17)13-19(26)21-10-11-24-15(3)12-14(2)22-20(24)27/h6-9,12H,4-5,10-11,13H2,1-3H3,(H,21,26)(H,23,25). The zero-order chi connectivity index (χ0) is 19.8. The van der Waals surface area contributed by atoms with Gasteiger partial charge in [-0.2, -0.15) is 4.98 Å². The van der Waals surface area contributed by atoms with Gasteiger partial charge >= 0.3 is 5.69 Å². The Labute approximate surface area is 158 Å². The summed E-state index contributed by atoms with van der Waals surface area (Å²) >= 11 is 0. The maximum absolute atomic E-state index is 12.1. The van der Waals surface area contributed by atoms with Gasteiger partial charge < -0.3 is 10.6 Å². The van der Waals surface area contributed by atoms with Gasteiger partial charge in [-0.05, 0) is 44.0 Å². The van der Waals surface area contributed by atoms with Gasteiger partial charge in [0.25, 0.3) is 0 Å². The summed E-state index contributed by atoms with van der Waals surface area (Å²) in [6.07, 6.45) is 1.53. The van der Waals surface area contributed by atoms with Crippen LogP contribution in [0.3, 0.4) is 0 Å². The van der Waals surface area contributed by atoms with Crippen molar-refractivity contribution in [1.82, 2.24) is 14.9 Å². The lowest BCUT2D eigenvalue weighted by Crippen LogP contribution is -2.33. The van der Waals surface area contributed by atoms with Crippen LogP contribution >= 0.6 is 0 Å². The number of nitrogens with one attached hydrogen (secondary N) is 2. The van der Waals surface area contributed by atoms with Crippen LogP contribution < -0.4 is 16.3 Å². The van der Waals surface area contributed by atoms with E-state index in [-0.39, 0.29) is 23.9 Å². The smallest absolute Gasteiger partial charge is 0.348 e. The van der Waals surface area contributed by atoms with E-state index in [1.54, 1.807) is 23.6 Å². The van der Waals surface area contributed by atoms with Crippen molar-refractivity contribution >= 4 is 17.5 Å². The van der Waals surface area contributed by atoms with Gasteiger partial charge in [0.1, 0.15) is 0 Å². The first kappa shape index (κ1) is 20.4. The molecule has 1 aromatic heterocycles. The van der Waals surface area contributed by atoms with Crippen molar-refractivity contribution in [3.8, 4) is 0 Å². The molecule has 0 saturated heterocycles. The van der Waals surface area contributed by atoms with Gasteiger partial charge in [-0.3, -0.25) is 14.2 Å². The number of rotatable bonds is 8. The van der Waals surface area contributed by atoms with E-state index < -0.39 is 0 Å². The minimum Gasteiger partial charge on any atom is -0.354 e. The second-order valence-electron chi connectivity index (χ2n) is 6.49. The lowest BCUT2D eigenvalue weighted by atomic mass is 10.1. The second-order valence-corrected chi connectivity index (χ2v) is 6.49. The molecule has 1 aromatic carbocycles. The average molecular weight is 370 g/mol. The predicted octanol–water partition coefficient (Wildman–Crippen LogP) is 1.96. The maximum atomic E-state index is 12.1. The number of hydrogen-bond acceptors (Lipinski definition) is 4. The third-order valence-corrected chi connectivity index (χ3v) is 4.08. The SMILES string of the molecule is CCCC(=O)Nc1ccc(CC(=O)NCCn2c(C)cc(C)nc2=O)cc1. The van der Waals surface area contributed by atoms with E-state index in [1.807, 2.05) is 32.0 Å². The van der Waals surface area contributed by atoms with Crippen molar-refractivity contribution in [1.29, 1.82) is 0 Å². The first-order chi connectivity index (χ1) is 12.9. The van der Waals surface area contributed by atoms with Gasteiger partial charge in [-0.1, -0.05) is 19.1 Å². The highest BCUT2D eigenvalue weighted by molar-refractivity contribution is 5.90. The van der Waals surface area contributed by atoms with Crippen molar-refractivity contribution in [2.45, 2.75) is 46.6 Å². The molecule has 0 unspecified atom stereocenters. The minimum absolute atomic E-state index is 0.0147. The number of hydrogen-bond donors (Lipinski definition) is 2. The molecule has 1 heterocycles. The van der Waals surface area contributed by atoms with Gasteiger partial charge in [-0.15, -0.1) is 0 Å². The molecule has 0 bridgehead atoms. The van der Waals surface area contributed by atoms with E-state index in [1.165, 1.54) is 0 Å². The van der Waals surface area contributed by atoms with Crippen LogP contribution in [-0.4, -0.2) is 27.9 Å². The van der Waals surface area contributed by atoms with Crippen molar-refractivity contribution in [3.05, 3.63) is 57.8 Å². The Balaban J connectivity index is 1.82. The van der Waals surface area contributed by atoms with Crippen LogP contribution in [0.4, 0.5) is 5.69 Å². The molecule has 0 spiro atoms. The Kier molecular flexibility index (Phi) is 7.28. The molecule has 0 aliphatic carbocycles. The molecule has 144 valence electrons. The largest absolute Gasteiger partial charge is 0.354 e. The third-order valence-electron chi connectivity index (χ3n) is 4.08. The van der Waals surface area contributed by atoms with Crippen LogP contribution in [0.5, 0.6) is 0 Å². The molecular formula is C20H26N4O3. The van der Waals surface area contributed by atoms with Crippen LogP contribution in [0.2, 0.25) is 0 Å². The molecule has 27 heavy (non-hydrogen) atoms. The molecule has 0 fully saturated rings. The number of carbonyl (C=O) groups is 2. The Morgan fingerprint density at radius 2 is 1.81 bits per heavy atom. The molecule has 2 aromatic rings. The molecular weight excluding hydrogens is 344 g/mol. The van der Waals surface area contributed by atoms with E-state index in [0.29, 0.717) is 25.2 Å². The quantitative estimate of drug-likeness (QED) is 0.743. The van der Waals surface area contributed by atoms with Crippen LogP contribution in [0.15, 0.2) is 35.1 Å². The van der Waals surface area contributed by atoms with Gasteiger partial charge in [0.05, 0.1) is 6.42 Å². The number of nitrogens with zero attached hydrogens (tertiary/aromatic N) is 2. The number of carbonyl (C=O) groups excluding carboxylic acids is 2. The molecule has 0 radical (unpaired) electrons. The van der Waals surface area contributed by atoms with Crippen LogP contribution in [-0.2, 0) is 22.6 Å². The highest BCUT2D eigenvalue weighted by Crippen LogP contribution is 2.10. The molecule has 7 heteroatoms. The minimum atomic E-state index is -0.303. The van der Waals surface area contributed by atoms with Crippen molar-refractivity contribution in [3.63, 3.8) is 0 Å². The number of aromatic nitrogens is 2. The van der Waals surface area contributed by atoms with Crippen LogP contribution in [0.25, 0.3) is 0 Å². The van der Waals surface area contributed by atoms with E-state index in [4.69, 9.17) is 0 Å². The number of benzene rings is 1. The molecule has 0 atom stereocenters. The molecule has 0 saturated carbocycles. The van der Waals surface area contributed by atoms with Gasteiger partial charge in [0.2, 0.25) is 11.8 Å². The number of amides is 2. The molecule has 0 aliphatic rings. The van der Waals surface area contributed by atoms with Crippen molar-refractivity contribution in [2.24, 2.45) is 0 Å². The summed E-state index contributed by atoms with van der Waals surface area (Å²) in [5.41, 5.74) is 2.78. The Bertz CT molecular complexity index is 857. The van der Waals surface area contributed by atoms with E-state index in [0.717, 1.165) is 23.4 Å². The molecule has 7 nitrogen and oxygen atoms in total.